The topological polar surface area (TPSA) is 42.7 Å². The van der Waals surface area contributed by atoms with Crippen LogP contribution in [-0.2, 0) is 11.2 Å². The first-order chi connectivity index (χ1) is 10.1. The molecule has 0 aliphatic heterocycles. The van der Waals surface area contributed by atoms with Crippen LogP contribution in [0.5, 0.6) is 5.75 Å². The number of carbonyl (C=O) groups excluding carboxylic acids is 1. The van der Waals surface area contributed by atoms with Crippen LogP contribution in [0.25, 0.3) is 0 Å². The van der Waals surface area contributed by atoms with Crippen LogP contribution in [0.15, 0.2) is 47.1 Å². The van der Waals surface area contributed by atoms with Crippen LogP contribution >= 0.6 is 0 Å². The summed E-state index contributed by atoms with van der Waals surface area (Å²) in [5, 5.41) is 0. The van der Waals surface area contributed by atoms with Crippen molar-refractivity contribution < 1.29 is 13.9 Å². The van der Waals surface area contributed by atoms with E-state index >= 15 is 0 Å². The monoisotopic (exact) mass is 287 g/mol. The summed E-state index contributed by atoms with van der Waals surface area (Å²) in [6.45, 7) is 3.09. The first-order valence-corrected chi connectivity index (χ1v) is 7.11. The summed E-state index contributed by atoms with van der Waals surface area (Å²) in [6, 6.07) is 11.6. The Kier molecular flexibility index (Phi) is 5.43. The number of hydrogen-bond acceptors (Lipinski definition) is 3. The van der Waals surface area contributed by atoms with Gasteiger partial charge in [0.1, 0.15) is 18.1 Å². The van der Waals surface area contributed by atoms with Crippen molar-refractivity contribution in [3.8, 4) is 5.75 Å². The average Bonchev–Trinajstić information content (AvgIpc) is 2.98. The molecular formula is C17H21NO3. The maximum atomic E-state index is 12.0. The fraction of sp³-hybridized carbons (Fsp3) is 0.353. The second kappa shape index (κ2) is 7.53. The molecule has 21 heavy (non-hydrogen) atoms. The van der Waals surface area contributed by atoms with Crippen LogP contribution in [-0.4, -0.2) is 31.0 Å². The average molecular weight is 287 g/mol. The number of carbonyl (C=O) groups is 1. The molecule has 4 heteroatoms. The minimum absolute atomic E-state index is 0.0965. The number of likely N-dealkylation sites (N-methyl/N-ethyl adjacent to an activating group) is 1. The second-order valence-corrected chi connectivity index (χ2v) is 5.06. The van der Waals surface area contributed by atoms with E-state index in [9.17, 15) is 4.79 Å². The number of benzene rings is 1. The van der Waals surface area contributed by atoms with Crippen LogP contribution in [0.3, 0.4) is 0 Å². The van der Waals surface area contributed by atoms with E-state index in [4.69, 9.17) is 9.15 Å². The highest BCUT2D eigenvalue weighted by molar-refractivity contribution is 5.76. The molecule has 112 valence electrons. The highest BCUT2D eigenvalue weighted by Gasteiger charge is 2.09. The Labute approximate surface area is 125 Å². The van der Waals surface area contributed by atoms with Crippen LogP contribution in [0.2, 0.25) is 0 Å². The number of hydrogen-bond donors (Lipinski definition) is 0. The molecule has 1 aromatic carbocycles. The Morgan fingerprint density at radius 3 is 2.86 bits per heavy atom. The summed E-state index contributed by atoms with van der Waals surface area (Å²) in [5.74, 6) is 1.78. The van der Waals surface area contributed by atoms with Gasteiger partial charge in [0.25, 0.3) is 0 Å². The van der Waals surface area contributed by atoms with E-state index in [2.05, 4.69) is 0 Å². The molecular weight excluding hydrogens is 266 g/mol. The SMILES string of the molecule is Cc1cccc(OCCN(C)C(=O)CCc2ccco2)c1. The second-order valence-electron chi connectivity index (χ2n) is 5.06. The lowest BCUT2D eigenvalue weighted by Gasteiger charge is -2.17. The minimum atomic E-state index is 0.0965. The highest BCUT2D eigenvalue weighted by Crippen LogP contribution is 2.12. The standard InChI is InChI=1S/C17H21NO3/c1-14-5-3-6-16(13-14)21-12-10-18(2)17(19)9-8-15-7-4-11-20-15/h3-7,11,13H,8-10,12H2,1-2H3. The van der Waals surface area contributed by atoms with E-state index < -0.39 is 0 Å². The lowest BCUT2D eigenvalue weighted by Crippen LogP contribution is -2.31. The van der Waals surface area contributed by atoms with Crippen molar-refractivity contribution in [2.45, 2.75) is 19.8 Å². The minimum Gasteiger partial charge on any atom is -0.492 e. The molecule has 0 saturated heterocycles. The van der Waals surface area contributed by atoms with E-state index in [0.29, 0.717) is 26.0 Å². The highest BCUT2D eigenvalue weighted by atomic mass is 16.5. The Bertz CT molecular complexity index is 563. The number of ether oxygens (including phenoxy) is 1. The van der Waals surface area contributed by atoms with Gasteiger partial charge in [-0.25, -0.2) is 0 Å². The van der Waals surface area contributed by atoms with Gasteiger partial charge in [0.2, 0.25) is 5.91 Å². The quantitative estimate of drug-likeness (QED) is 0.786. The van der Waals surface area contributed by atoms with Gasteiger partial charge in [0.15, 0.2) is 0 Å². The fourth-order valence-electron chi connectivity index (χ4n) is 2.01. The summed E-state index contributed by atoms with van der Waals surface area (Å²) in [4.78, 5) is 13.7. The predicted octanol–water partition coefficient (Wildman–Crippen LogP) is 3.06. The maximum absolute atomic E-state index is 12.0. The Morgan fingerprint density at radius 2 is 2.14 bits per heavy atom. The molecule has 0 aliphatic rings. The fourth-order valence-corrected chi connectivity index (χ4v) is 2.01. The number of furan rings is 1. The number of nitrogens with zero attached hydrogens (tertiary/aromatic N) is 1. The zero-order valence-corrected chi connectivity index (χ0v) is 12.5. The summed E-state index contributed by atoms with van der Waals surface area (Å²) in [5.41, 5.74) is 1.16. The van der Waals surface area contributed by atoms with E-state index in [1.807, 2.05) is 43.3 Å². The van der Waals surface area contributed by atoms with Crippen LogP contribution in [0, 0.1) is 6.92 Å². The molecule has 0 aliphatic carbocycles. The largest absolute Gasteiger partial charge is 0.492 e. The van der Waals surface area contributed by atoms with Crippen LogP contribution < -0.4 is 4.74 Å². The number of amides is 1. The number of rotatable bonds is 7. The number of aryl methyl sites for hydroxylation is 2. The lowest BCUT2D eigenvalue weighted by atomic mass is 10.2. The summed E-state index contributed by atoms with van der Waals surface area (Å²) in [6.07, 6.45) is 2.71. The molecule has 4 nitrogen and oxygen atoms in total. The third kappa shape index (κ3) is 4.99. The van der Waals surface area contributed by atoms with Gasteiger partial charge in [0.05, 0.1) is 12.8 Å². The predicted molar refractivity (Wildman–Crippen MR) is 81.3 cm³/mol. The van der Waals surface area contributed by atoms with E-state index in [1.165, 1.54) is 0 Å². The van der Waals surface area contributed by atoms with Crippen molar-refractivity contribution in [2.24, 2.45) is 0 Å². The van der Waals surface area contributed by atoms with Crippen molar-refractivity contribution in [3.05, 3.63) is 54.0 Å². The van der Waals surface area contributed by atoms with Crippen LogP contribution in [0.4, 0.5) is 0 Å². The van der Waals surface area contributed by atoms with E-state index in [-0.39, 0.29) is 5.91 Å². The first kappa shape index (κ1) is 15.2. The normalized spacial score (nSPS) is 10.4. The van der Waals surface area contributed by atoms with E-state index in [0.717, 1.165) is 17.1 Å². The molecule has 0 N–H and O–H groups in total. The Hall–Kier alpha value is -2.23. The van der Waals surface area contributed by atoms with Crippen molar-refractivity contribution in [1.29, 1.82) is 0 Å². The molecule has 0 saturated carbocycles. The van der Waals surface area contributed by atoms with Crippen LogP contribution in [0.1, 0.15) is 17.7 Å². The van der Waals surface area contributed by atoms with Crippen molar-refractivity contribution in [3.63, 3.8) is 0 Å². The molecule has 1 amide bonds. The zero-order valence-electron chi connectivity index (χ0n) is 12.5. The molecule has 2 aromatic rings. The molecule has 1 aromatic heterocycles. The smallest absolute Gasteiger partial charge is 0.222 e. The molecule has 0 atom stereocenters. The van der Waals surface area contributed by atoms with Gasteiger partial charge < -0.3 is 14.1 Å². The molecule has 0 spiro atoms. The van der Waals surface area contributed by atoms with Gasteiger partial charge >= 0.3 is 0 Å². The molecule has 0 bridgehead atoms. The van der Waals surface area contributed by atoms with E-state index in [1.54, 1.807) is 18.2 Å². The third-order valence-electron chi connectivity index (χ3n) is 3.28. The maximum Gasteiger partial charge on any atom is 0.222 e. The zero-order chi connectivity index (χ0) is 15.1. The van der Waals surface area contributed by atoms with Gasteiger partial charge in [-0.2, -0.15) is 0 Å². The van der Waals surface area contributed by atoms with Gasteiger partial charge in [-0.15, -0.1) is 0 Å². The van der Waals surface area contributed by atoms with Gasteiger partial charge in [-0.3, -0.25) is 4.79 Å². The summed E-state index contributed by atoms with van der Waals surface area (Å²) < 4.78 is 10.9. The van der Waals surface area contributed by atoms with Crippen molar-refractivity contribution >= 4 is 5.91 Å². The third-order valence-corrected chi connectivity index (χ3v) is 3.28. The summed E-state index contributed by atoms with van der Waals surface area (Å²) >= 11 is 0. The van der Waals surface area contributed by atoms with Gasteiger partial charge in [-0.1, -0.05) is 12.1 Å². The Morgan fingerprint density at radius 1 is 1.29 bits per heavy atom. The molecule has 2 rings (SSSR count). The molecule has 1 heterocycles. The van der Waals surface area contributed by atoms with Gasteiger partial charge in [0, 0.05) is 19.9 Å². The molecule has 0 fully saturated rings. The van der Waals surface area contributed by atoms with Crippen molar-refractivity contribution in [2.75, 3.05) is 20.2 Å². The summed E-state index contributed by atoms with van der Waals surface area (Å²) in [7, 11) is 1.80. The molecule has 0 radical (unpaired) electrons. The molecule has 0 unspecified atom stereocenters. The van der Waals surface area contributed by atoms with Gasteiger partial charge in [-0.05, 0) is 36.8 Å². The van der Waals surface area contributed by atoms with Crippen molar-refractivity contribution in [1.82, 2.24) is 4.90 Å². The first-order valence-electron chi connectivity index (χ1n) is 7.11. The lowest BCUT2D eigenvalue weighted by molar-refractivity contribution is -0.130. The Balaban J connectivity index is 1.68.